The van der Waals surface area contributed by atoms with Crippen molar-refractivity contribution in [3.63, 3.8) is 0 Å². The van der Waals surface area contributed by atoms with Gasteiger partial charge in [-0.2, -0.15) is 4.98 Å². The SMILES string of the molecule is CCC1[C@@H]2OCC[C@]1(CC)O[C@H]2n1cc(C)c(=O)[nH]c1=O.CCC1[C@@H]2OCC[C@]1(CC)O[C@H]2n1cc(C)c(N)nc1=O.CCC1[C@@H]2OCC[C@]1(CC)O[C@H]2n1cnc2c(N)ncnc21. The summed E-state index contributed by atoms with van der Waals surface area (Å²) in [5, 5.41) is 0. The molecule has 6 fully saturated rings. The van der Waals surface area contributed by atoms with E-state index in [-0.39, 0.29) is 64.3 Å². The first-order chi connectivity index (χ1) is 30.7. The molecule has 4 aromatic heterocycles. The molecule has 6 aliphatic heterocycles. The molecule has 10 rings (SSSR count). The Morgan fingerprint density at radius 3 is 1.58 bits per heavy atom. The zero-order valence-corrected chi connectivity index (χ0v) is 38.5. The number of nitrogens with one attached hydrogen (secondary N) is 1. The molecule has 0 aromatic carbocycles. The molecule has 6 aliphatic rings. The summed E-state index contributed by atoms with van der Waals surface area (Å²) in [6.07, 6.45) is 13.7. The first-order valence-corrected chi connectivity index (χ1v) is 23.2. The van der Waals surface area contributed by atoms with E-state index in [9.17, 15) is 14.4 Å². The first kappa shape index (κ1) is 46.0. The van der Waals surface area contributed by atoms with Crippen LogP contribution < -0.4 is 28.4 Å². The zero-order chi connectivity index (χ0) is 45.7. The Hall–Kier alpha value is -4.53. The summed E-state index contributed by atoms with van der Waals surface area (Å²) in [4.78, 5) is 54.8. The van der Waals surface area contributed by atoms with Crippen LogP contribution in [-0.4, -0.2) is 93.6 Å². The molecule has 0 spiro atoms. The van der Waals surface area contributed by atoms with Crippen LogP contribution in [0.2, 0.25) is 0 Å². The van der Waals surface area contributed by atoms with Gasteiger partial charge in [-0.05, 0) is 52.4 Å². The van der Waals surface area contributed by atoms with Crippen molar-refractivity contribution in [2.75, 3.05) is 31.3 Å². The Bertz CT molecular complexity index is 2490. The van der Waals surface area contributed by atoms with Crippen LogP contribution in [0, 0.1) is 31.6 Å². The van der Waals surface area contributed by atoms with Crippen molar-refractivity contribution in [1.29, 1.82) is 0 Å². The third kappa shape index (κ3) is 7.58. The predicted molar refractivity (Wildman–Crippen MR) is 237 cm³/mol. The second-order valence-electron chi connectivity index (χ2n) is 18.1. The van der Waals surface area contributed by atoms with Crippen molar-refractivity contribution in [3.05, 3.63) is 67.5 Å². The lowest BCUT2D eigenvalue weighted by Crippen LogP contribution is -2.44. The summed E-state index contributed by atoms with van der Waals surface area (Å²) >= 11 is 0. The monoisotopic (exact) mass is 891 g/mol. The number of hydrogen-bond acceptors (Lipinski definition) is 15. The highest BCUT2D eigenvalue weighted by Crippen LogP contribution is 2.54. The summed E-state index contributed by atoms with van der Waals surface area (Å²) in [7, 11) is 0. The fourth-order valence-corrected chi connectivity index (χ4v) is 11.7. The zero-order valence-electron chi connectivity index (χ0n) is 38.5. The van der Waals surface area contributed by atoms with Crippen molar-refractivity contribution in [2.45, 2.75) is 167 Å². The summed E-state index contributed by atoms with van der Waals surface area (Å²) in [5.41, 5.74) is 12.5. The van der Waals surface area contributed by atoms with Gasteiger partial charge < -0.3 is 39.9 Å². The number of aromatic nitrogens is 8. The fourth-order valence-electron chi connectivity index (χ4n) is 11.7. The van der Waals surface area contributed by atoms with Crippen LogP contribution in [0.5, 0.6) is 0 Å². The standard InChI is InChI=1S/C15H21N5O2.C15H23N3O3.C15H22N2O4/c1-3-9-11-14(22-15(9,4-2)5-6-21-11)20-8-19-10-12(16)17-7-18-13(10)20;1-4-10-11-13(21-15(10,5-2)6-7-20-11)18-8-9(3)12(16)17-14(18)19;1-4-10-11-13(21-15(10,5-2)6-7-20-11)17-8-9(3)12(18)16-14(17)19/h7-9,11,14H,3-6H2,1-2H3,(H2,16,17,18);8,10-11,13H,4-7H2,1-3H3,(H2,16,17,19);8,10-11,13H,4-7H2,1-3H3,(H,16,18,19)/t9?,11-,14+,15-;2*10?,11-,13+,15-/m000/s1. The van der Waals surface area contributed by atoms with Crippen molar-refractivity contribution >= 4 is 22.8 Å². The van der Waals surface area contributed by atoms with Gasteiger partial charge in [-0.25, -0.2) is 24.5 Å². The molecule has 5 N–H and O–H groups in total. The van der Waals surface area contributed by atoms with E-state index in [0.29, 0.717) is 47.6 Å². The first-order valence-electron chi connectivity index (χ1n) is 23.2. The van der Waals surface area contributed by atoms with Gasteiger partial charge in [0.15, 0.2) is 30.1 Å². The molecule has 19 nitrogen and oxygen atoms in total. The van der Waals surface area contributed by atoms with Crippen LogP contribution in [-0.2, 0) is 28.4 Å². The molecule has 19 heteroatoms. The molecule has 3 unspecified atom stereocenters. The number of aromatic amines is 1. The molecule has 0 amide bonds. The molecule has 64 heavy (non-hydrogen) atoms. The minimum absolute atomic E-state index is 0.0345. The molecule has 0 saturated carbocycles. The molecular weight excluding hydrogens is 825 g/mol. The summed E-state index contributed by atoms with van der Waals surface area (Å²) < 4.78 is 42.1. The number of ether oxygens (including phenoxy) is 6. The lowest BCUT2D eigenvalue weighted by atomic mass is 9.78. The van der Waals surface area contributed by atoms with Gasteiger partial charge in [0.1, 0.15) is 36.0 Å². The van der Waals surface area contributed by atoms with E-state index in [2.05, 4.69) is 66.5 Å². The number of hydrogen-bond donors (Lipinski definition) is 3. The smallest absolute Gasteiger partial charge is 0.351 e. The van der Waals surface area contributed by atoms with Crippen LogP contribution in [0.25, 0.3) is 11.2 Å². The maximum atomic E-state index is 12.2. The maximum Gasteiger partial charge on any atom is 0.351 e. The van der Waals surface area contributed by atoms with Gasteiger partial charge in [0.05, 0.1) is 23.1 Å². The van der Waals surface area contributed by atoms with E-state index in [4.69, 9.17) is 39.9 Å². The van der Waals surface area contributed by atoms with Gasteiger partial charge in [0, 0.05) is 80.4 Å². The Morgan fingerprint density at radius 1 is 0.641 bits per heavy atom. The highest BCUT2D eigenvalue weighted by molar-refractivity contribution is 5.81. The van der Waals surface area contributed by atoms with E-state index < -0.39 is 18.1 Å². The predicted octanol–water partition coefficient (Wildman–Crippen LogP) is 4.87. The lowest BCUT2D eigenvalue weighted by Gasteiger charge is -2.37. The number of anilines is 2. The minimum Gasteiger partial charge on any atom is -0.383 e. The number of nitrogens with zero attached hydrogens (tertiary/aromatic N) is 7. The summed E-state index contributed by atoms with van der Waals surface area (Å²) in [6, 6.07) is 0. The Morgan fingerprint density at radius 2 is 1.11 bits per heavy atom. The molecule has 4 aromatic rings. The number of rotatable bonds is 9. The van der Waals surface area contributed by atoms with Crippen molar-refractivity contribution in [1.82, 2.24) is 38.6 Å². The van der Waals surface area contributed by atoms with Gasteiger partial charge in [0.25, 0.3) is 5.56 Å². The quantitative estimate of drug-likeness (QED) is 0.203. The van der Waals surface area contributed by atoms with Crippen LogP contribution in [0.1, 0.15) is 129 Å². The van der Waals surface area contributed by atoms with Crippen molar-refractivity contribution < 1.29 is 28.4 Å². The van der Waals surface area contributed by atoms with Crippen LogP contribution in [0.3, 0.4) is 0 Å². The number of H-pyrrole nitrogens is 1. The molecule has 12 atom stereocenters. The van der Waals surface area contributed by atoms with Crippen molar-refractivity contribution in [2.24, 2.45) is 17.8 Å². The van der Waals surface area contributed by atoms with Gasteiger partial charge in [0.2, 0.25) is 0 Å². The van der Waals surface area contributed by atoms with E-state index in [1.807, 2.05) is 11.5 Å². The summed E-state index contributed by atoms with van der Waals surface area (Å²) in [6.45, 7) is 18.5. The average molecular weight is 891 g/mol. The third-order valence-corrected chi connectivity index (χ3v) is 15.3. The third-order valence-electron chi connectivity index (χ3n) is 15.3. The lowest BCUT2D eigenvalue weighted by molar-refractivity contribution is -0.0920. The number of nitrogen functional groups attached to an aromatic ring is 2. The molecule has 6 bridgehead atoms. The summed E-state index contributed by atoms with van der Waals surface area (Å²) in [5.74, 6) is 1.65. The molecule has 6 saturated heterocycles. The van der Waals surface area contributed by atoms with Crippen LogP contribution in [0.4, 0.5) is 11.6 Å². The van der Waals surface area contributed by atoms with Crippen molar-refractivity contribution in [3.8, 4) is 0 Å². The van der Waals surface area contributed by atoms with E-state index >= 15 is 0 Å². The maximum absolute atomic E-state index is 12.2. The fraction of sp³-hybridized carbons (Fsp3) is 0.711. The van der Waals surface area contributed by atoms with Gasteiger partial charge >= 0.3 is 11.4 Å². The van der Waals surface area contributed by atoms with E-state index in [1.165, 1.54) is 10.9 Å². The molecular formula is C45H66N10O9. The number of nitrogens with two attached hydrogens (primary N) is 2. The molecule has 350 valence electrons. The van der Waals surface area contributed by atoms with Gasteiger partial charge in [-0.3, -0.25) is 23.5 Å². The molecule has 0 aliphatic carbocycles. The van der Waals surface area contributed by atoms with E-state index in [1.54, 1.807) is 30.2 Å². The van der Waals surface area contributed by atoms with Crippen LogP contribution in [0.15, 0.2) is 39.4 Å². The Kier molecular flexibility index (Phi) is 13.0. The van der Waals surface area contributed by atoms with Crippen LogP contribution >= 0.6 is 0 Å². The van der Waals surface area contributed by atoms with Gasteiger partial charge in [-0.1, -0.05) is 41.5 Å². The normalized spacial score (nSPS) is 34.8. The second kappa shape index (κ2) is 18.0. The highest BCUT2D eigenvalue weighted by Gasteiger charge is 2.59. The Balaban J connectivity index is 0.000000131. The van der Waals surface area contributed by atoms with E-state index in [0.717, 1.165) is 70.0 Å². The average Bonchev–Trinajstić information content (AvgIpc) is 3.92. The Labute approximate surface area is 372 Å². The number of imidazole rings is 1. The second-order valence-corrected chi connectivity index (χ2v) is 18.1. The van der Waals surface area contributed by atoms with Gasteiger partial charge in [-0.15, -0.1) is 0 Å². The molecule has 10 heterocycles. The number of aryl methyl sites for hydroxylation is 2. The number of fused-ring (bicyclic) bond motifs is 7. The topological polar surface area (TPSA) is 241 Å². The largest absolute Gasteiger partial charge is 0.383 e. The minimum atomic E-state index is -0.458. The highest BCUT2D eigenvalue weighted by atomic mass is 16.6. The molecule has 0 radical (unpaired) electrons.